The summed E-state index contributed by atoms with van der Waals surface area (Å²) in [5.74, 6) is -5.54. The molecule has 0 atom stereocenters. The molecule has 0 spiro atoms. The van der Waals surface area contributed by atoms with Crippen molar-refractivity contribution in [2.45, 2.75) is 0 Å². The van der Waals surface area contributed by atoms with Gasteiger partial charge in [0.25, 0.3) is 0 Å². The Morgan fingerprint density at radius 1 is 0.548 bits per heavy atom. The molecular formula is C21H18O10. The van der Waals surface area contributed by atoms with E-state index in [1.54, 1.807) is 18.2 Å². The van der Waals surface area contributed by atoms with Crippen molar-refractivity contribution in [2.75, 3.05) is 28.4 Å². The highest BCUT2D eigenvalue weighted by Crippen LogP contribution is 2.28. The summed E-state index contributed by atoms with van der Waals surface area (Å²) >= 11 is 0. The van der Waals surface area contributed by atoms with Crippen LogP contribution in [-0.4, -0.2) is 58.3 Å². The van der Waals surface area contributed by atoms with Crippen LogP contribution in [0.1, 0.15) is 51.8 Å². The molecule has 0 N–H and O–H groups in total. The summed E-state index contributed by atoms with van der Waals surface area (Å²) in [5.41, 5.74) is -3.00. The van der Waals surface area contributed by atoms with E-state index in [-0.39, 0.29) is 5.75 Å². The van der Waals surface area contributed by atoms with Crippen LogP contribution in [0.15, 0.2) is 36.4 Å². The molecule has 0 radical (unpaired) electrons. The van der Waals surface area contributed by atoms with E-state index in [0.717, 1.165) is 34.5 Å². The van der Waals surface area contributed by atoms with Crippen molar-refractivity contribution in [1.82, 2.24) is 0 Å². The smallest absolute Gasteiger partial charge is 0.344 e. The minimum absolute atomic E-state index is 0.125. The first-order valence-electron chi connectivity index (χ1n) is 8.62. The summed E-state index contributed by atoms with van der Waals surface area (Å²) < 4.78 is 23.9. The predicted molar refractivity (Wildman–Crippen MR) is 103 cm³/mol. The fraction of sp³-hybridized carbons (Fsp3) is 0.190. The molecule has 31 heavy (non-hydrogen) atoms. The summed E-state index contributed by atoms with van der Waals surface area (Å²) in [4.78, 5) is 62.7. The minimum Gasteiger partial charge on any atom is -0.465 e. The number of carbonyl (C=O) groups is 5. The normalized spacial score (nSPS) is 9.94. The molecule has 0 aromatic heterocycles. The van der Waals surface area contributed by atoms with Gasteiger partial charge in [0.15, 0.2) is 0 Å². The topological polar surface area (TPSA) is 132 Å². The number of hydrogen-bond donors (Lipinski definition) is 0. The van der Waals surface area contributed by atoms with Gasteiger partial charge in [-0.05, 0) is 18.2 Å². The quantitative estimate of drug-likeness (QED) is 0.381. The van der Waals surface area contributed by atoms with Crippen molar-refractivity contribution in [3.63, 3.8) is 0 Å². The average molecular weight is 430 g/mol. The second kappa shape index (κ2) is 10.0. The fourth-order valence-corrected chi connectivity index (χ4v) is 2.70. The van der Waals surface area contributed by atoms with E-state index in [4.69, 9.17) is 4.74 Å². The lowest BCUT2D eigenvalue weighted by Gasteiger charge is -2.17. The van der Waals surface area contributed by atoms with Crippen molar-refractivity contribution >= 4 is 29.8 Å². The Labute approximate surface area is 176 Å². The van der Waals surface area contributed by atoms with Gasteiger partial charge in [0.05, 0.1) is 56.3 Å². The zero-order valence-corrected chi connectivity index (χ0v) is 17.0. The Morgan fingerprint density at radius 3 is 1.42 bits per heavy atom. The van der Waals surface area contributed by atoms with Crippen molar-refractivity contribution in [3.8, 4) is 5.75 Å². The minimum atomic E-state index is -1.19. The lowest BCUT2D eigenvalue weighted by molar-refractivity contribution is 0.0518. The third kappa shape index (κ3) is 4.69. The van der Waals surface area contributed by atoms with E-state index in [0.29, 0.717) is 0 Å². The molecule has 0 saturated carbocycles. The highest BCUT2D eigenvalue weighted by Gasteiger charge is 2.36. The standard InChI is InChI=1S/C21H18O10/c1-27-17(22)12-10-13(18(23)31-11-8-6-5-7-9-11)15(20(25)29-3)16(21(26)30-4)14(12)19(24)28-2/h5-10H,1-4H3. The summed E-state index contributed by atoms with van der Waals surface area (Å²) in [7, 11) is 4.01. The maximum Gasteiger partial charge on any atom is 0.344 e. The van der Waals surface area contributed by atoms with Crippen LogP contribution < -0.4 is 4.74 Å². The van der Waals surface area contributed by atoms with Gasteiger partial charge in [-0.1, -0.05) is 18.2 Å². The summed E-state index contributed by atoms with van der Waals surface area (Å²) in [5, 5.41) is 0. The van der Waals surface area contributed by atoms with E-state index in [2.05, 4.69) is 18.9 Å². The summed E-state index contributed by atoms with van der Waals surface area (Å²) in [6.07, 6.45) is 0. The number of esters is 5. The second-order valence-electron chi connectivity index (χ2n) is 5.77. The molecule has 0 aliphatic carbocycles. The van der Waals surface area contributed by atoms with Crippen LogP contribution in [0.25, 0.3) is 0 Å². The zero-order valence-electron chi connectivity index (χ0n) is 17.0. The first kappa shape index (κ1) is 23.1. The molecule has 2 aromatic rings. The van der Waals surface area contributed by atoms with Crippen molar-refractivity contribution in [3.05, 3.63) is 64.2 Å². The van der Waals surface area contributed by atoms with Gasteiger partial charge in [-0.15, -0.1) is 0 Å². The van der Waals surface area contributed by atoms with Gasteiger partial charge >= 0.3 is 29.8 Å². The van der Waals surface area contributed by atoms with Gasteiger partial charge in [-0.25, -0.2) is 24.0 Å². The highest BCUT2D eigenvalue weighted by molar-refractivity contribution is 6.19. The Kier molecular flexibility index (Phi) is 7.45. The Balaban J connectivity index is 2.92. The summed E-state index contributed by atoms with van der Waals surface area (Å²) in [6, 6.07) is 8.73. The maximum absolute atomic E-state index is 12.9. The Bertz CT molecular complexity index is 1040. The SMILES string of the molecule is COC(=O)c1cc(C(=O)Oc2ccccc2)c(C(=O)OC)c(C(=O)OC)c1C(=O)OC. The number of methoxy groups -OCH3 is 4. The molecule has 0 aliphatic rings. The van der Waals surface area contributed by atoms with Gasteiger partial charge in [0, 0.05) is 0 Å². The molecule has 162 valence electrons. The average Bonchev–Trinajstić information content (AvgIpc) is 2.81. The van der Waals surface area contributed by atoms with Gasteiger partial charge in [-0.3, -0.25) is 0 Å². The molecule has 0 saturated heterocycles. The maximum atomic E-state index is 12.9. The van der Waals surface area contributed by atoms with E-state index in [9.17, 15) is 24.0 Å². The highest BCUT2D eigenvalue weighted by atomic mass is 16.5. The van der Waals surface area contributed by atoms with Crippen LogP contribution in [-0.2, 0) is 18.9 Å². The zero-order chi connectivity index (χ0) is 23.1. The molecule has 10 nitrogen and oxygen atoms in total. The predicted octanol–water partition coefficient (Wildman–Crippen LogP) is 2.05. The second-order valence-corrected chi connectivity index (χ2v) is 5.77. The molecule has 2 rings (SSSR count). The fourth-order valence-electron chi connectivity index (χ4n) is 2.70. The number of para-hydroxylation sites is 1. The van der Waals surface area contributed by atoms with Gasteiger partial charge in [0.2, 0.25) is 0 Å². The first-order valence-corrected chi connectivity index (χ1v) is 8.62. The van der Waals surface area contributed by atoms with Crippen LogP contribution >= 0.6 is 0 Å². The molecule has 0 unspecified atom stereocenters. The van der Waals surface area contributed by atoms with Gasteiger partial charge in [-0.2, -0.15) is 0 Å². The third-order valence-corrected chi connectivity index (χ3v) is 4.07. The van der Waals surface area contributed by atoms with Crippen LogP contribution in [0.3, 0.4) is 0 Å². The molecule has 2 aromatic carbocycles. The number of hydrogen-bond acceptors (Lipinski definition) is 10. The third-order valence-electron chi connectivity index (χ3n) is 4.07. The Morgan fingerprint density at radius 2 is 0.968 bits per heavy atom. The van der Waals surface area contributed by atoms with E-state index >= 15 is 0 Å². The van der Waals surface area contributed by atoms with E-state index < -0.39 is 57.7 Å². The van der Waals surface area contributed by atoms with Crippen molar-refractivity contribution in [2.24, 2.45) is 0 Å². The van der Waals surface area contributed by atoms with Crippen LogP contribution in [0.4, 0.5) is 0 Å². The molecule has 0 aliphatic heterocycles. The van der Waals surface area contributed by atoms with E-state index in [1.807, 2.05) is 0 Å². The number of rotatable bonds is 6. The molecule has 0 fully saturated rings. The van der Waals surface area contributed by atoms with Crippen LogP contribution in [0.5, 0.6) is 5.75 Å². The summed E-state index contributed by atoms with van der Waals surface area (Å²) in [6.45, 7) is 0. The number of carbonyl (C=O) groups excluding carboxylic acids is 5. The molecule has 10 heteroatoms. The molecule has 0 amide bonds. The number of benzene rings is 2. The van der Waals surface area contributed by atoms with Crippen molar-refractivity contribution in [1.29, 1.82) is 0 Å². The molecular weight excluding hydrogens is 412 g/mol. The van der Waals surface area contributed by atoms with Crippen LogP contribution in [0, 0.1) is 0 Å². The van der Waals surface area contributed by atoms with Crippen LogP contribution in [0.2, 0.25) is 0 Å². The molecule has 0 heterocycles. The largest absolute Gasteiger partial charge is 0.465 e. The van der Waals surface area contributed by atoms with Gasteiger partial charge < -0.3 is 23.7 Å². The molecule has 0 bridgehead atoms. The monoisotopic (exact) mass is 430 g/mol. The first-order chi connectivity index (χ1) is 14.8. The number of ether oxygens (including phenoxy) is 5. The lowest BCUT2D eigenvalue weighted by atomic mass is 9.90. The van der Waals surface area contributed by atoms with Gasteiger partial charge in [0.1, 0.15) is 5.75 Å². The van der Waals surface area contributed by atoms with Crippen molar-refractivity contribution < 1.29 is 47.7 Å². The van der Waals surface area contributed by atoms with E-state index in [1.165, 1.54) is 12.1 Å². The lowest BCUT2D eigenvalue weighted by Crippen LogP contribution is -2.26. The Hall–Kier alpha value is -4.21.